The summed E-state index contributed by atoms with van der Waals surface area (Å²) in [7, 11) is 0. The van der Waals surface area contributed by atoms with Crippen molar-refractivity contribution in [3.05, 3.63) is 18.2 Å². The topological polar surface area (TPSA) is 69.6 Å². The van der Waals surface area contributed by atoms with Crippen LogP contribution in [-0.2, 0) is 0 Å². The van der Waals surface area contributed by atoms with Crippen LogP contribution in [0, 0.1) is 5.82 Å². The van der Waals surface area contributed by atoms with E-state index in [1.165, 1.54) is 4.90 Å². The summed E-state index contributed by atoms with van der Waals surface area (Å²) in [5, 5.41) is 9.10. The molecule has 0 unspecified atom stereocenters. The standard InChI is InChI=1S/C11H15FN4O2/c1-7-5-15(6-8(2)16(7)11(17)18)10-13-3-9(12)4-14-10/h3-4,7-8H,5-6H2,1-2H3,(H,17,18)/t7-,8-/m1/s1. The molecule has 1 aliphatic rings. The lowest BCUT2D eigenvalue weighted by atomic mass is 10.1. The molecule has 1 aromatic heterocycles. The summed E-state index contributed by atoms with van der Waals surface area (Å²) in [5.41, 5.74) is 0. The molecular formula is C11H15FN4O2. The second kappa shape index (κ2) is 4.75. The molecule has 2 rings (SSSR count). The maximum atomic E-state index is 12.7. The van der Waals surface area contributed by atoms with Crippen molar-refractivity contribution in [3.8, 4) is 0 Å². The smallest absolute Gasteiger partial charge is 0.407 e. The fourth-order valence-electron chi connectivity index (χ4n) is 2.33. The molecule has 1 fully saturated rings. The monoisotopic (exact) mass is 254 g/mol. The minimum atomic E-state index is -0.922. The lowest BCUT2D eigenvalue weighted by Crippen LogP contribution is -2.58. The molecule has 0 aliphatic carbocycles. The zero-order valence-corrected chi connectivity index (χ0v) is 10.2. The van der Waals surface area contributed by atoms with E-state index in [0.717, 1.165) is 12.4 Å². The highest BCUT2D eigenvalue weighted by atomic mass is 19.1. The Kier molecular flexibility index (Phi) is 3.31. The summed E-state index contributed by atoms with van der Waals surface area (Å²) in [6.45, 7) is 4.67. The molecule has 18 heavy (non-hydrogen) atoms. The van der Waals surface area contributed by atoms with Gasteiger partial charge in [0.2, 0.25) is 5.95 Å². The first-order valence-corrected chi connectivity index (χ1v) is 5.72. The van der Waals surface area contributed by atoms with Gasteiger partial charge in [-0.3, -0.25) is 4.90 Å². The van der Waals surface area contributed by atoms with Gasteiger partial charge in [-0.25, -0.2) is 19.2 Å². The second-order valence-corrected chi connectivity index (χ2v) is 4.49. The average molecular weight is 254 g/mol. The first kappa shape index (κ1) is 12.5. The van der Waals surface area contributed by atoms with E-state index < -0.39 is 11.9 Å². The van der Waals surface area contributed by atoms with E-state index >= 15 is 0 Å². The number of piperazine rings is 1. The average Bonchev–Trinajstić information content (AvgIpc) is 2.28. The van der Waals surface area contributed by atoms with Crippen LogP contribution in [0.3, 0.4) is 0 Å². The third kappa shape index (κ3) is 2.34. The number of carbonyl (C=O) groups is 1. The minimum absolute atomic E-state index is 0.153. The van der Waals surface area contributed by atoms with Gasteiger partial charge in [0.1, 0.15) is 0 Å². The fourth-order valence-corrected chi connectivity index (χ4v) is 2.33. The molecule has 7 heteroatoms. The van der Waals surface area contributed by atoms with E-state index in [9.17, 15) is 9.18 Å². The Morgan fingerprint density at radius 1 is 1.33 bits per heavy atom. The first-order chi connectivity index (χ1) is 8.49. The molecule has 1 N–H and O–H groups in total. The lowest BCUT2D eigenvalue weighted by molar-refractivity contribution is 0.0979. The summed E-state index contributed by atoms with van der Waals surface area (Å²) < 4.78 is 12.7. The summed E-state index contributed by atoms with van der Waals surface area (Å²) in [4.78, 5) is 22.2. The van der Waals surface area contributed by atoms with Crippen molar-refractivity contribution in [1.82, 2.24) is 14.9 Å². The Morgan fingerprint density at radius 3 is 2.28 bits per heavy atom. The zero-order valence-electron chi connectivity index (χ0n) is 10.2. The van der Waals surface area contributed by atoms with Crippen LogP contribution < -0.4 is 4.90 Å². The maximum absolute atomic E-state index is 12.7. The third-order valence-corrected chi connectivity index (χ3v) is 3.03. The van der Waals surface area contributed by atoms with Crippen LogP contribution in [0.1, 0.15) is 13.8 Å². The number of anilines is 1. The Bertz CT molecular complexity index is 427. The van der Waals surface area contributed by atoms with Gasteiger partial charge in [0.25, 0.3) is 0 Å². The molecule has 0 spiro atoms. The molecule has 0 radical (unpaired) electrons. The van der Waals surface area contributed by atoms with Gasteiger partial charge in [0.15, 0.2) is 5.82 Å². The van der Waals surface area contributed by atoms with Crippen molar-refractivity contribution < 1.29 is 14.3 Å². The van der Waals surface area contributed by atoms with Crippen molar-refractivity contribution in [2.75, 3.05) is 18.0 Å². The van der Waals surface area contributed by atoms with Crippen LogP contribution in [0.4, 0.5) is 15.1 Å². The molecule has 2 atom stereocenters. The third-order valence-electron chi connectivity index (χ3n) is 3.03. The van der Waals surface area contributed by atoms with Crippen LogP contribution in [-0.4, -0.2) is 51.2 Å². The van der Waals surface area contributed by atoms with Crippen molar-refractivity contribution in [2.24, 2.45) is 0 Å². The largest absolute Gasteiger partial charge is 0.465 e. The summed E-state index contributed by atoms with van der Waals surface area (Å²) in [5.74, 6) is -0.0517. The van der Waals surface area contributed by atoms with Gasteiger partial charge in [-0.1, -0.05) is 0 Å². The van der Waals surface area contributed by atoms with Crippen LogP contribution in [0.2, 0.25) is 0 Å². The zero-order chi connectivity index (χ0) is 13.3. The van der Waals surface area contributed by atoms with Gasteiger partial charge in [0.05, 0.1) is 24.5 Å². The van der Waals surface area contributed by atoms with Crippen molar-refractivity contribution in [1.29, 1.82) is 0 Å². The quantitative estimate of drug-likeness (QED) is 0.815. The molecule has 0 bridgehead atoms. The fraction of sp³-hybridized carbons (Fsp3) is 0.545. The van der Waals surface area contributed by atoms with E-state index in [0.29, 0.717) is 19.0 Å². The molecule has 6 nitrogen and oxygen atoms in total. The molecule has 0 saturated carbocycles. The Labute approximate surface area is 104 Å². The summed E-state index contributed by atoms with van der Waals surface area (Å²) in [6.07, 6.45) is 1.30. The van der Waals surface area contributed by atoms with E-state index in [1.54, 1.807) is 0 Å². The number of amides is 1. The van der Waals surface area contributed by atoms with Crippen LogP contribution in [0.15, 0.2) is 12.4 Å². The van der Waals surface area contributed by atoms with E-state index in [2.05, 4.69) is 9.97 Å². The predicted octanol–water partition coefficient (Wildman–Crippen LogP) is 1.19. The van der Waals surface area contributed by atoms with Crippen molar-refractivity contribution in [3.63, 3.8) is 0 Å². The number of aromatic nitrogens is 2. The lowest BCUT2D eigenvalue weighted by Gasteiger charge is -2.42. The molecule has 1 saturated heterocycles. The molecule has 2 heterocycles. The first-order valence-electron chi connectivity index (χ1n) is 5.72. The van der Waals surface area contributed by atoms with E-state index in [4.69, 9.17) is 5.11 Å². The second-order valence-electron chi connectivity index (χ2n) is 4.49. The Hall–Kier alpha value is -1.92. The number of hydrogen-bond donors (Lipinski definition) is 1. The maximum Gasteiger partial charge on any atom is 0.407 e. The molecule has 1 aromatic rings. The summed E-state index contributed by atoms with van der Waals surface area (Å²) in [6, 6.07) is -0.306. The molecule has 1 amide bonds. The number of carboxylic acid groups (broad SMARTS) is 1. The van der Waals surface area contributed by atoms with Gasteiger partial charge >= 0.3 is 6.09 Å². The van der Waals surface area contributed by atoms with Crippen molar-refractivity contribution in [2.45, 2.75) is 25.9 Å². The van der Waals surface area contributed by atoms with Gasteiger partial charge < -0.3 is 10.0 Å². The highest BCUT2D eigenvalue weighted by Crippen LogP contribution is 2.19. The highest BCUT2D eigenvalue weighted by Gasteiger charge is 2.33. The Balaban J connectivity index is 2.15. The normalized spacial score (nSPS) is 24.2. The highest BCUT2D eigenvalue weighted by molar-refractivity contribution is 5.66. The number of hydrogen-bond acceptors (Lipinski definition) is 4. The van der Waals surface area contributed by atoms with Gasteiger partial charge in [-0.05, 0) is 13.8 Å². The predicted molar refractivity (Wildman–Crippen MR) is 63.0 cm³/mol. The van der Waals surface area contributed by atoms with Crippen molar-refractivity contribution >= 4 is 12.0 Å². The van der Waals surface area contributed by atoms with E-state index in [1.807, 2.05) is 18.7 Å². The van der Waals surface area contributed by atoms with Crippen LogP contribution in [0.25, 0.3) is 0 Å². The minimum Gasteiger partial charge on any atom is -0.465 e. The van der Waals surface area contributed by atoms with Gasteiger partial charge in [-0.2, -0.15) is 0 Å². The van der Waals surface area contributed by atoms with Gasteiger partial charge in [-0.15, -0.1) is 0 Å². The van der Waals surface area contributed by atoms with Crippen LogP contribution >= 0.6 is 0 Å². The number of nitrogens with zero attached hydrogens (tertiary/aromatic N) is 4. The van der Waals surface area contributed by atoms with Gasteiger partial charge in [0, 0.05) is 13.1 Å². The van der Waals surface area contributed by atoms with Crippen LogP contribution in [0.5, 0.6) is 0 Å². The Morgan fingerprint density at radius 2 is 1.83 bits per heavy atom. The number of rotatable bonds is 1. The molecular weight excluding hydrogens is 239 g/mol. The SMILES string of the molecule is C[C@@H]1CN(c2ncc(F)cn2)C[C@@H](C)N1C(=O)O. The number of halogens is 1. The molecule has 0 aromatic carbocycles. The summed E-state index contributed by atoms with van der Waals surface area (Å²) >= 11 is 0. The molecule has 1 aliphatic heterocycles. The molecule has 98 valence electrons. The van der Waals surface area contributed by atoms with E-state index in [-0.39, 0.29) is 12.1 Å².